The van der Waals surface area contributed by atoms with Crippen molar-refractivity contribution in [1.29, 1.82) is 5.26 Å². The lowest BCUT2D eigenvalue weighted by Gasteiger charge is -2.14. The molecular formula is C15H13F3N4O2. The predicted molar refractivity (Wildman–Crippen MR) is 81.1 cm³/mol. The Bertz CT molecular complexity index is 936. The number of halogens is 3. The molecule has 1 heterocycles. The van der Waals surface area contributed by atoms with E-state index in [0.29, 0.717) is 0 Å². The van der Waals surface area contributed by atoms with Crippen LogP contribution in [0.4, 0.5) is 24.7 Å². The lowest BCUT2D eigenvalue weighted by atomic mass is 10.1. The molecule has 0 saturated carbocycles. The van der Waals surface area contributed by atoms with Gasteiger partial charge < -0.3 is 5.32 Å². The molecule has 126 valence electrons. The Morgan fingerprint density at radius 2 is 1.88 bits per heavy atom. The maximum absolute atomic E-state index is 12.5. The van der Waals surface area contributed by atoms with E-state index in [4.69, 9.17) is 5.26 Å². The minimum Gasteiger partial charge on any atom is -0.340 e. The fourth-order valence-electron chi connectivity index (χ4n) is 2.22. The van der Waals surface area contributed by atoms with Gasteiger partial charge in [0.2, 0.25) is 0 Å². The second-order valence-electron chi connectivity index (χ2n) is 5.16. The first-order valence-electron chi connectivity index (χ1n) is 6.77. The second-order valence-corrected chi connectivity index (χ2v) is 5.16. The van der Waals surface area contributed by atoms with Crippen LogP contribution in [0.2, 0.25) is 0 Å². The van der Waals surface area contributed by atoms with Gasteiger partial charge in [-0.15, -0.1) is 0 Å². The largest absolute Gasteiger partial charge is 0.393 e. The number of alkyl halides is 3. The number of aromatic nitrogens is 2. The average Bonchev–Trinajstić information content (AvgIpc) is 2.49. The molecule has 0 aliphatic heterocycles. The average molecular weight is 338 g/mol. The number of hydrogen-bond acceptors (Lipinski definition) is 4. The Morgan fingerprint density at radius 3 is 2.46 bits per heavy atom. The molecule has 0 aliphatic rings. The molecule has 1 aromatic carbocycles. The van der Waals surface area contributed by atoms with Crippen molar-refractivity contribution in [3.05, 3.63) is 56.2 Å². The highest BCUT2D eigenvalue weighted by Gasteiger charge is 2.27. The Labute approximate surface area is 134 Å². The number of benzene rings is 1. The highest BCUT2D eigenvalue weighted by Crippen LogP contribution is 2.24. The fourth-order valence-corrected chi connectivity index (χ4v) is 2.22. The minimum absolute atomic E-state index is 0.0137. The SMILES string of the molecule is Cn1c(Nc2cccc(CC(F)(F)F)c2)c(C#N)c(=O)n(C)c1=O. The molecule has 0 amide bonds. The van der Waals surface area contributed by atoms with E-state index >= 15 is 0 Å². The van der Waals surface area contributed by atoms with Gasteiger partial charge in [-0.3, -0.25) is 13.9 Å². The molecule has 2 rings (SSSR count). The van der Waals surface area contributed by atoms with Crippen LogP contribution in [0, 0.1) is 11.3 Å². The lowest BCUT2D eigenvalue weighted by molar-refractivity contribution is -0.127. The van der Waals surface area contributed by atoms with E-state index in [1.807, 2.05) is 0 Å². The predicted octanol–water partition coefficient (Wildman–Crippen LogP) is 1.80. The molecule has 24 heavy (non-hydrogen) atoms. The third kappa shape index (κ3) is 3.48. The summed E-state index contributed by atoms with van der Waals surface area (Å²) in [6, 6.07) is 7.16. The Kier molecular flexibility index (Phi) is 4.50. The van der Waals surface area contributed by atoms with Crippen LogP contribution in [0.3, 0.4) is 0 Å². The third-order valence-electron chi connectivity index (χ3n) is 3.37. The van der Waals surface area contributed by atoms with E-state index in [0.717, 1.165) is 9.13 Å². The number of anilines is 2. The summed E-state index contributed by atoms with van der Waals surface area (Å²) in [5.41, 5.74) is -1.50. The Balaban J connectivity index is 2.50. The third-order valence-corrected chi connectivity index (χ3v) is 3.37. The fraction of sp³-hybridized carbons (Fsp3) is 0.267. The number of nitrogens with one attached hydrogen (secondary N) is 1. The zero-order valence-corrected chi connectivity index (χ0v) is 12.8. The number of hydrogen-bond donors (Lipinski definition) is 1. The monoisotopic (exact) mass is 338 g/mol. The highest BCUT2D eigenvalue weighted by atomic mass is 19.4. The molecule has 1 N–H and O–H groups in total. The van der Waals surface area contributed by atoms with Crippen molar-refractivity contribution in [2.24, 2.45) is 14.1 Å². The summed E-state index contributed by atoms with van der Waals surface area (Å²) in [6.07, 6.45) is -5.46. The van der Waals surface area contributed by atoms with E-state index < -0.39 is 23.8 Å². The van der Waals surface area contributed by atoms with Gasteiger partial charge in [-0.1, -0.05) is 12.1 Å². The topological polar surface area (TPSA) is 79.8 Å². The van der Waals surface area contributed by atoms with Crippen LogP contribution in [-0.2, 0) is 20.5 Å². The van der Waals surface area contributed by atoms with Crippen molar-refractivity contribution in [3.63, 3.8) is 0 Å². The van der Waals surface area contributed by atoms with Crippen LogP contribution in [0.1, 0.15) is 11.1 Å². The van der Waals surface area contributed by atoms with Crippen molar-refractivity contribution >= 4 is 11.5 Å². The van der Waals surface area contributed by atoms with Crippen molar-refractivity contribution < 1.29 is 13.2 Å². The molecule has 2 aromatic rings. The summed E-state index contributed by atoms with van der Waals surface area (Å²) in [5, 5.41) is 11.8. The highest BCUT2D eigenvalue weighted by molar-refractivity contribution is 5.63. The molecule has 0 spiro atoms. The first-order valence-corrected chi connectivity index (χ1v) is 6.77. The van der Waals surface area contributed by atoms with E-state index in [2.05, 4.69) is 5.32 Å². The van der Waals surface area contributed by atoms with Gasteiger partial charge in [0.05, 0.1) is 6.42 Å². The summed E-state index contributed by atoms with van der Waals surface area (Å²) in [6.45, 7) is 0. The maximum Gasteiger partial charge on any atom is 0.393 e. The molecule has 1 aromatic heterocycles. The van der Waals surface area contributed by atoms with E-state index in [1.54, 1.807) is 6.07 Å². The van der Waals surface area contributed by atoms with Crippen molar-refractivity contribution in [2.45, 2.75) is 12.6 Å². The minimum atomic E-state index is -4.36. The molecule has 6 nitrogen and oxygen atoms in total. The quantitative estimate of drug-likeness (QED) is 0.925. The van der Waals surface area contributed by atoms with Crippen LogP contribution in [0.25, 0.3) is 0 Å². The van der Waals surface area contributed by atoms with Gasteiger partial charge in [0.15, 0.2) is 5.56 Å². The zero-order valence-electron chi connectivity index (χ0n) is 12.8. The number of rotatable bonds is 3. The summed E-state index contributed by atoms with van der Waals surface area (Å²) >= 11 is 0. The van der Waals surface area contributed by atoms with E-state index in [1.165, 1.54) is 38.4 Å². The molecule has 0 aliphatic carbocycles. The van der Waals surface area contributed by atoms with Crippen LogP contribution < -0.4 is 16.6 Å². The zero-order chi connectivity index (χ0) is 18.1. The van der Waals surface area contributed by atoms with Gasteiger partial charge in [0.25, 0.3) is 5.56 Å². The molecule has 0 saturated heterocycles. The second kappa shape index (κ2) is 6.23. The van der Waals surface area contributed by atoms with Gasteiger partial charge in [-0.25, -0.2) is 4.79 Å². The molecule has 0 radical (unpaired) electrons. The first-order chi connectivity index (χ1) is 11.1. The summed E-state index contributed by atoms with van der Waals surface area (Å²) < 4.78 is 39.3. The molecule has 0 atom stereocenters. The summed E-state index contributed by atoms with van der Waals surface area (Å²) in [7, 11) is 2.59. The molecule has 0 bridgehead atoms. The Hall–Kier alpha value is -3.02. The Morgan fingerprint density at radius 1 is 1.21 bits per heavy atom. The van der Waals surface area contributed by atoms with E-state index in [-0.39, 0.29) is 22.6 Å². The van der Waals surface area contributed by atoms with Gasteiger partial charge in [0.1, 0.15) is 11.9 Å². The van der Waals surface area contributed by atoms with Gasteiger partial charge in [0, 0.05) is 19.8 Å². The smallest absolute Gasteiger partial charge is 0.340 e. The number of nitrogens with zero attached hydrogens (tertiary/aromatic N) is 3. The number of nitriles is 1. The van der Waals surface area contributed by atoms with Gasteiger partial charge in [-0.05, 0) is 17.7 Å². The molecular weight excluding hydrogens is 325 g/mol. The van der Waals surface area contributed by atoms with Crippen LogP contribution in [-0.4, -0.2) is 15.3 Å². The van der Waals surface area contributed by atoms with Gasteiger partial charge in [-0.2, -0.15) is 18.4 Å². The summed E-state index contributed by atoms with van der Waals surface area (Å²) in [5.74, 6) is -0.0743. The van der Waals surface area contributed by atoms with Crippen molar-refractivity contribution in [2.75, 3.05) is 5.32 Å². The van der Waals surface area contributed by atoms with Crippen molar-refractivity contribution in [3.8, 4) is 6.07 Å². The van der Waals surface area contributed by atoms with Gasteiger partial charge >= 0.3 is 11.9 Å². The van der Waals surface area contributed by atoms with E-state index in [9.17, 15) is 22.8 Å². The maximum atomic E-state index is 12.5. The van der Waals surface area contributed by atoms with Crippen LogP contribution >= 0.6 is 0 Å². The molecule has 0 unspecified atom stereocenters. The standard InChI is InChI=1S/C15H13F3N4O2/c1-21-12(11(8-19)13(23)22(2)14(21)24)20-10-5-3-4-9(6-10)7-15(16,17)18/h3-6,20H,7H2,1-2H3. The normalized spacial score (nSPS) is 11.2. The molecule has 0 fully saturated rings. The first kappa shape index (κ1) is 17.3. The van der Waals surface area contributed by atoms with Crippen molar-refractivity contribution in [1.82, 2.24) is 9.13 Å². The molecule has 9 heteroatoms. The van der Waals surface area contributed by atoms with Crippen LogP contribution in [0.15, 0.2) is 33.9 Å². The summed E-state index contributed by atoms with van der Waals surface area (Å²) in [4.78, 5) is 23.9. The lowest BCUT2D eigenvalue weighted by Crippen LogP contribution is -2.39. The van der Waals surface area contributed by atoms with Crippen LogP contribution in [0.5, 0.6) is 0 Å².